The van der Waals surface area contributed by atoms with Gasteiger partial charge in [-0.15, -0.1) is 0 Å². The van der Waals surface area contributed by atoms with Crippen molar-refractivity contribution in [3.05, 3.63) is 83.1 Å². The zero-order valence-electron chi connectivity index (χ0n) is 15.6. The molecule has 0 amide bonds. The Bertz CT molecular complexity index is 992. The van der Waals surface area contributed by atoms with Crippen LogP contribution in [0.5, 0.6) is 0 Å². The number of primary sulfonamides is 1. The zero-order valence-corrected chi connectivity index (χ0v) is 16.4. The van der Waals surface area contributed by atoms with E-state index in [0.29, 0.717) is 6.54 Å². The van der Waals surface area contributed by atoms with Gasteiger partial charge in [0.15, 0.2) is 5.78 Å². The van der Waals surface area contributed by atoms with Crippen LogP contribution < -0.4 is 10.5 Å². The van der Waals surface area contributed by atoms with Crippen molar-refractivity contribution in [2.45, 2.75) is 30.6 Å². The fraction of sp³-hybridized carbons (Fsp3) is 0.227. The largest absolute Gasteiger partial charge is 0.390 e. The van der Waals surface area contributed by atoms with Gasteiger partial charge in [0, 0.05) is 23.9 Å². The standard InChI is InChI=1S/C22H24N2O3S/c23-28(26,27)21-11-9-17(10-12-21)13-14-24-16-20-8-4-7-19(22(20)25)15-18-5-2-1-3-6-18/h1-3,5-6,9-12,15-16,24H,4,7-8,13-14H2,(H2,23,26,27)/b19-15+,20-16+. The molecule has 146 valence electrons. The number of nitrogens with one attached hydrogen (secondary N) is 1. The molecule has 0 spiro atoms. The number of hydrogen-bond donors (Lipinski definition) is 2. The number of sulfonamides is 1. The van der Waals surface area contributed by atoms with Crippen LogP contribution in [0.25, 0.3) is 6.08 Å². The van der Waals surface area contributed by atoms with Gasteiger partial charge in [-0.25, -0.2) is 13.6 Å². The van der Waals surface area contributed by atoms with Crippen molar-refractivity contribution in [2.75, 3.05) is 6.54 Å². The SMILES string of the molecule is NS(=O)(=O)c1ccc(CCN/C=C2\CCC/C(=C\c3ccccc3)C2=O)cc1. The first-order valence-electron chi connectivity index (χ1n) is 9.28. The second-order valence-corrected chi connectivity index (χ2v) is 8.39. The van der Waals surface area contributed by atoms with E-state index in [2.05, 4.69) is 5.32 Å². The third-order valence-electron chi connectivity index (χ3n) is 4.70. The number of carbonyl (C=O) groups is 1. The lowest BCUT2D eigenvalue weighted by Crippen LogP contribution is -2.17. The third kappa shape index (κ3) is 5.41. The molecule has 0 atom stereocenters. The first-order valence-corrected chi connectivity index (χ1v) is 10.8. The average molecular weight is 397 g/mol. The maximum atomic E-state index is 12.7. The third-order valence-corrected chi connectivity index (χ3v) is 5.63. The van der Waals surface area contributed by atoms with Crippen LogP contribution in [0.3, 0.4) is 0 Å². The van der Waals surface area contributed by atoms with Crippen molar-refractivity contribution in [2.24, 2.45) is 5.14 Å². The molecule has 3 N–H and O–H groups in total. The summed E-state index contributed by atoms with van der Waals surface area (Å²) in [6, 6.07) is 16.4. The fourth-order valence-corrected chi connectivity index (χ4v) is 3.70. The number of ketones is 1. The molecule has 3 rings (SSSR count). The van der Waals surface area contributed by atoms with Gasteiger partial charge in [0.25, 0.3) is 0 Å². The van der Waals surface area contributed by atoms with Crippen LogP contribution in [-0.4, -0.2) is 20.7 Å². The second-order valence-electron chi connectivity index (χ2n) is 6.83. The first kappa shape index (κ1) is 20.0. The lowest BCUT2D eigenvalue weighted by Gasteiger charge is -2.16. The molecule has 1 fully saturated rings. The number of carbonyl (C=O) groups excluding carboxylic acids is 1. The van der Waals surface area contributed by atoms with Gasteiger partial charge in [0.1, 0.15) is 0 Å². The van der Waals surface area contributed by atoms with Crippen molar-refractivity contribution in [3.63, 3.8) is 0 Å². The normalized spacial score (nSPS) is 17.8. The molecular weight excluding hydrogens is 372 g/mol. The monoisotopic (exact) mass is 396 g/mol. The topological polar surface area (TPSA) is 89.3 Å². The van der Waals surface area contributed by atoms with Gasteiger partial charge in [-0.05, 0) is 55.0 Å². The van der Waals surface area contributed by atoms with Gasteiger partial charge in [0.05, 0.1) is 4.90 Å². The summed E-state index contributed by atoms with van der Waals surface area (Å²) < 4.78 is 22.5. The molecule has 28 heavy (non-hydrogen) atoms. The number of hydrogen-bond acceptors (Lipinski definition) is 4. The summed E-state index contributed by atoms with van der Waals surface area (Å²) in [6.07, 6.45) is 7.06. The lowest BCUT2D eigenvalue weighted by atomic mass is 9.88. The molecule has 2 aromatic rings. The molecule has 0 bridgehead atoms. The summed E-state index contributed by atoms with van der Waals surface area (Å²) in [5, 5.41) is 8.31. The molecular formula is C22H24N2O3S. The van der Waals surface area contributed by atoms with Crippen molar-refractivity contribution in [1.29, 1.82) is 0 Å². The molecule has 0 aliphatic heterocycles. The fourth-order valence-electron chi connectivity index (χ4n) is 3.19. The Labute approximate surface area is 166 Å². The van der Waals surface area contributed by atoms with Crippen LogP contribution in [0.4, 0.5) is 0 Å². The van der Waals surface area contributed by atoms with Crippen molar-refractivity contribution in [3.8, 4) is 0 Å². The van der Waals surface area contributed by atoms with Gasteiger partial charge in [-0.2, -0.15) is 0 Å². The van der Waals surface area contributed by atoms with E-state index in [1.165, 1.54) is 12.1 Å². The highest BCUT2D eigenvalue weighted by molar-refractivity contribution is 7.89. The van der Waals surface area contributed by atoms with Gasteiger partial charge in [-0.3, -0.25) is 4.79 Å². The van der Waals surface area contributed by atoms with E-state index in [0.717, 1.165) is 48.0 Å². The Morgan fingerprint density at radius 1 is 0.964 bits per heavy atom. The van der Waals surface area contributed by atoms with Crippen LogP contribution >= 0.6 is 0 Å². The van der Waals surface area contributed by atoms with E-state index in [-0.39, 0.29) is 10.7 Å². The van der Waals surface area contributed by atoms with E-state index in [1.54, 1.807) is 12.1 Å². The Morgan fingerprint density at radius 3 is 2.32 bits per heavy atom. The highest BCUT2D eigenvalue weighted by Gasteiger charge is 2.20. The van der Waals surface area contributed by atoms with Crippen molar-refractivity contribution >= 4 is 21.9 Å². The molecule has 0 unspecified atom stereocenters. The molecule has 0 saturated heterocycles. The minimum Gasteiger partial charge on any atom is -0.390 e. The summed E-state index contributed by atoms with van der Waals surface area (Å²) in [6.45, 7) is 0.656. The van der Waals surface area contributed by atoms with Crippen LogP contribution in [0, 0.1) is 0 Å². The van der Waals surface area contributed by atoms with Gasteiger partial charge in [0.2, 0.25) is 10.0 Å². The molecule has 1 aliphatic carbocycles. The van der Waals surface area contributed by atoms with Crippen LogP contribution in [0.1, 0.15) is 30.4 Å². The minimum absolute atomic E-state index is 0.108. The molecule has 0 aromatic heterocycles. The van der Waals surface area contributed by atoms with Crippen LogP contribution in [0.2, 0.25) is 0 Å². The quantitative estimate of drug-likeness (QED) is 0.580. The molecule has 2 aromatic carbocycles. The van der Waals surface area contributed by atoms with E-state index in [4.69, 9.17) is 5.14 Å². The molecule has 0 radical (unpaired) electrons. The summed E-state index contributed by atoms with van der Waals surface area (Å²) >= 11 is 0. The Morgan fingerprint density at radius 2 is 1.64 bits per heavy atom. The highest BCUT2D eigenvalue weighted by Crippen LogP contribution is 2.26. The predicted molar refractivity (Wildman–Crippen MR) is 111 cm³/mol. The summed E-state index contributed by atoms with van der Waals surface area (Å²) in [5.74, 6) is 0.111. The highest BCUT2D eigenvalue weighted by atomic mass is 32.2. The number of benzene rings is 2. The molecule has 0 heterocycles. The average Bonchev–Trinajstić information content (AvgIpc) is 2.68. The minimum atomic E-state index is -3.66. The van der Waals surface area contributed by atoms with Crippen molar-refractivity contribution in [1.82, 2.24) is 5.32 Å². The molecule has 1 saturated carbocycles. The van der Waals surface area contributed by atoms with Gasteiger partial charge >= 0.3 is 0 Å². The van der Waals surface area contributed by atoms with E-state index < -0.39 is 10.0 Å². The van der Waals surface area contributed by atoms with Crippen LogP contribution in [-0.2, 0) is 21.2 Å². The number of rotatable bonds is 6. The second kappa shape index (κ2) is 8.99. The van der Waals surface area contributed by atoms with Crippen LogP contribution in [0.15, 0.2) is 76.8 Å². The van der Waals surface area contributed by atoms with Crippen molar-refractivity contribution < 1.29 is 13.2 Å². The molecule has 6 heteroatoms. The predicted octanol–water partition coefficient (Wildman–Crippen LogP) is 3.19. The Hall–Kier alpha value is -2.70. The van der Waals surface area contributed by atoms with E-state index in [9.17, 15) is 13.2 Å². The summed E-state index contributed by atoms with van der Waals surface area (Å²) in [5.41, 5.74) is 3.70. The maximum Gasteiger partial charge on any atom is 0.238 e. The van der Waals surface area contributed by atoms with Gasteiger partial charge in [-0.1, -0.05) is 42.5 Å². The summed E-state index contributed by atoms with van der Waals surface area (Å²) in [7, 11) is -3.66. The van der Waals surface area contributed by atoms with E-state index in [1.807, 2.05) is 42.6 Å². The van der Waals surface area contributed by atoms with Gasteiger partial charge < -0.3 is 5.32 Å². The number of allylic oxidation sites excluding steroid dienone is 2. The Balaban J connectivity index is 1.57. The summed E-state index contributed by atoms with van der Waals surface area (Å²) in [4.78, 5) is 12.8. The smallest absolute Gasteiger partial charge is 0.238 e. The lowest BCUT2D eigenvalue weighted by molar-refractivity contribution is -0.112. The molecule has 5 nitrogen and oxygen atoms in total. The maximum absolute atomic E-state index is 12.7. The molecule has 1 aliphatic rings. The Kier molecular flexibility index (Phi) is 6.44. The zero-order chi connectivity index (χ0) is 20.0. The number of Topliss-reactive ketones (excluding diaryl/α,β-unsaturated/α-hetero) is 1. The number of nitrogens with two attached hydrogens (primary N) is 1. The van der Waals surface area contributed by atoms with E-state index >= 15 is 0 Å². The first-order chi connectivity index (χ1) is 13.4.